The lowest BCUT2D eigenvalue weighted by Crippen LogP contribution is -2.32. The maximum atomic E-state index is 12.6. The Labute approximate surface area is 151 Å². The second-order valence-electron chi connectivity index (χ2n) is 5.96. The molecule has 0 radical (unpaired) electrons. The molecule has 1 heterocycles. The van der Waals surface area contributed by atoms with Crippen LogP contribution in [0.4, 0.5) is 0 Å². The van der Waals surface area contributed by atoms with E-state index in [1.165, 1.54) is 4.57 Å². The van der Waals surface area contributed by atoms with Gasteiger partial charge in [0.1, 0.15) is 30.0 Å². The third-order valence-electron chi connectivity index (χ3n) is 4.02. The fourth-order valence-corrected chi connectivity index (χ4v) is 2.75. The number of nitrogens with zero attached hydrogens (tertiary/aromatic N) is 2. The maximum Gasteiger partial charge on any atom is 0.261 e. The van der Waals surface area contributed by atoms with Gasteiger partial charge in [0.25, 0.3) is 5.56 Å². The Balaban J connectivity index is 1.67. The number of aliphatic hydroxyl groups is 1. The molecule has 0 amide bonds. The second kappa shape index (κ2) is 8.01. The van der Waals surface area contributed by atoms with E-state index in [0.29, 0.717) is 29.1 Å². The number of fused-ring (bicyclic) bond motifs is 1. The molecule has 26 heavy (non-hydrogen) atoms. The van der Waals surface area contributed by atoms with Crippen LogP contribution < -0.4 is 15.0 Å². The first-order chi connectivity index (χ1) is 12.6. The van der Waals surface area contributed by atoms with Crippen LogP contribution in [-0.2, 0) is 6.54 Å². The quantitative estimate of drug-likeness (QED) is 0.706. The Kier molecular flexibility index (Phi) is 5.53. The van der Waals surface area contributed by atoms with Crippen LogP contribution in [0.25, 0.3) is 10.9 Å². The molecule has 1 N–H and O–H groups in total. The monoisotopic (exact) mass is 354 g/mol. The molecule has 6 heteroatoms. The fourth-order valence-electron chi connectivity index (χ4n) is 2.75. The van der Waals surface area contributed by atoms with Crippen molar-refractivity contribution in [3.05, 3.63) is 64.7 Å². The van der Waals surface area contributed by atoms with E-state index >= 15 is 0 Å². The molecule has 0 fully saturated rings. The third-order valence-corrected chi connectivity index (χ3v) is 4.02. The summed E-state index contributed by atoms with van der Waals surface area (Å²) in [6.45, 7) is 4.49. The molecule has 6 nitrogen and oxygen atoms in total. The molecule has 0 aliphatic rings. The number of aliphatic hydroxyl groups excluding tert-OH is 1. The smallest absolute Gasteiger partial charge is 0.261 e. The van der Waals surface area contributed by atoms with Crippen LogP contribution in [0.5, 0.6) is 11.5 Å². The summed E-state index contributed by atoms with van der Waals surface area (Å²) >= 11 is 0. The van der Waals surface area contributed by atoms with E-state index in [4.69, 9.17) is 9.47 Å². The van der Waals surface area contributed by atoms with Crippen molar-refractivity contribution in [2.24, 2.45) is 0 Å². The average Bonchev–Trinajstić information content (AvgIpc) is 2.65. The molecular weight excluding hydrogens is 332 g/mol. The molecule has 0 saturated carbocycles. The molecule has 1 aromatic heterocycles. The highest BCUT2D eigenvalue weighted by Gasteiger charge is 2.13. The highest BCUT2D eigenvalue weighted by atomic mass is 16.5. The van der Waals surface area contributed by atoms with Gasteiger partial charge < -0.3 is 14.6 Å². The number of para-hydroxylation sites is 1. The molecule has 3 aromatic rings. The highest BCUT2D eigenvalue weighted by molar-refractivity contribution is 5.77. The van der Waals surface area contributed by atoms with Crippen molar-refractivity contribution >= 4 is 10.9 Å². The molecule has 2 aromatic carbocycles. The summed E-state index contributed by atoms with van der Waals surface area (Å²) in [6, 6.07) is 14.4. The van der Waals surface area contributed by atoms with Gasteiger partial charge in [0.05, 0.1) is 24.1 Å². The summed E-state index contributed by atoms with van der Waals surface area (Å²) in [5.74, 6) is 1.96. The molecule has 136 valence electrons. The molecular formula is C20H22N2O4. The van der Waals surface area contributed by atoms with Gasteiger partial charge in [0.15, 0.2) is 0 Å². The summed E-state index contributed by atoms with van der Waals surface area (Å²) < 4.78 is 12.5. The number of hydrogen-bond acceptors (Lipinski definition) is 5. The minimum Gasteiger partial charge on any atom is -0.494 e. The molecule has 0 bridgehead atoms. The summed E-state index contributed by atoms with van der Waals surface area (Å²) in [7, 11) is 0. The first-order valence-electron chi connectivity index (χ1n) is 8.58. The van der Waals surface area contributed by atoms with E-state index in [2.05, 4.69) is 4.98 Å². The standard InChI is InChI=1S/C20H22N2O4/c1-3-25-16-8-10-17(11-9-16)26-13-15(23)12-22-14(2)21-19-7-5-4-6-18(19)20(22)24/h4-11,15,23H,3,12-13H2,1-2H3. The van der Waals surface area contributed by atoms with Crippen LogP contribution in [0.1, 0.15) is 12.7 Å². The van der Waals surface area contributed by atoms with Crippen molar-refractivity contribution in [2.45, 2.75) is 26.5 Å². The molecule has 0 spiro atoms. The first-order valence-corrected chi connectivity index (χ1v) is 8.58. The Bertz CT molecular complexity index is 935. The zero-order chi connectivity index (χ0) is 18.5. The van der Waals surface area contributed by atoms with Gasteiger partial charge in [0.2, 0.25) is 0 Å². The summed E-state index contributed by atoms with van der Waals surface area (Å²) in [6.07, 6.45) is -0.832. The molecule has 0 saturated heterocycles. The number of ether oxygens (including phenoxy) is 2. The molecule has 1 atom stereocenters. The molecule has 1 unspecified atom stereocenters. The summed E-state index contributed by atoms with van der Waals surface area (Å²) in [5, 5.41) is 10.8. The number of aryl methyl sites for hydroxylation is 1. The van der Waals surface area contributed by atoms with E-state index in [9.17, 15) is 9.90 Å². The van der Waals surface area contributed by atoms with Gasteiger partial charge in [0, 0.05) is 0 Å². The number of benzene rings is 2. The van der Waals surface area contributed by atoms with Gasteiger partial charge in [-0.3, -0.25) is 9.36 Å². The lowest BCUT2D eigenvalue weighted by molar-refractivity contribution is 0.0908. The van der Waals surface area contributed by atoms with Crippen LogP contribution in [0.2, 0.25) is 0 Å². The van der Waals surface area contributed by atoms with Gasteiger partial charge >= 0.3 is 0 Å². The Hall–Kier alpha value is -2.86. The summed E-state index contributed by atoms with van der Waals surface area (Å²) in [5.41, 5.74) is 0.500. The minimum atomic E-state index is -0.832. The fraction of sp³-hybridized carbons (Fsp3) is 0.300. The van der Waals surface area contributed by atoms with Crippen LogP contribution in [0.15, 0.2) is 53.3 Å². The second-order valence-corrected chi connectivity index (χ2v) is 5.96. The van der Waals surface area contributed by atoms with Crippen molar-refractivity contribution in [1.82, 2.24) is 9.55 Å². The topological polar surface area (TPSA) is 73.6 Å². The third kappa shape index (κ3) is 4.03. The average molecular weight is 354 g/mol. The van der Waals surface area contributed by atoms with E-state index in [-0.39, 0.29) is 18.7 Å². The van der Waals surface area contributed by atoms with E-state index in [0.717, 1.165) is 5.75 Å². The van der Waals surface area contributed by atoms with Crippen molar-refractivity contribution in [2.75, 3.05) is 13.2 Å². The largest absolute Gasteiger partial charge is 0.494 e. The van der Waals surface area contributed by atoms with Crippen LogP contribution in [-0.4, -0.2) is 34.0 Å². The van der Waals surface area contributed by atoms with Gasteiger partial charge in [-0.15, -0.1) is 0 Å². The number of aromatic nitrogens is 2. The van der Waals surface area contributed by atoms with Crippen molar-refractivity contribution in [3.63, 3.8) is 0 Å². The minimum absolute atomic E-state index is 0.0761. The number of rotatable bonds is 7. The lowest BCUT2D eigenvalue weighted by Gasteiger charge is -2.16. The first kappa shape index (κ1) is 17.9. The zero-order valence-electron chi connectivity index (χ0n) is 14.9. The van der Waals surface area contributed by atoms with E-state index in [1.54, 1.807) is 37.3 Å². The van der Waals surface area contributed by atoms with Gasteiger partial charge in [-0.1, -0.05) is 12.1 Å². The molecule has 3 rings (SSSR count). The van der Waals surface area contributed by atoms with Crippen molar-refractivity contribution in [3.8, 4) is 11.5 Å². The van der Waals surface area contributed by atoms with Crippen molar-refractivity contribution in [1.29, 1.82) is 0 Å². The van der Waals surface area contributed by atoms with Crippen molar-refractivity contribution < 1.29 is 14.6 Å². The van der Waals surface area contributed by atoms with Crippen LogP contribution in [0, 0.1) is 6.92 Å². The zero-order valence-corrected chi connectivity index (χ0v) is 14.9. The Morgan fingerprint density at radius 2 is 1.73 bits per heavy atom. The molecule has 0 aliphatic carbocycles. The highest BCUT2D eigenvalue weighted by Crippen LogP contribution is 2.17. The predicted octanol–water partition coefficient (Wildman–Crippen LogP) is 2.54. The molecule has 0 aliphatic heterocycles. The van der Waals surface area contributed by atoms with Gasteiger partial charge in [-0.25, -0.2) is 4.98 Å². The Morgan fingerprint density at radius 1 is 1.08 bits per heavy atom. The maximum absolute atomic E-state index is 12.6. The van der Waals surface area contributed by atoms with E-state index in [1.807, 2.05) is 25.1 Å². The van der Waals surface area contributed by atoms with Gasteiger partial charge in [-0.2, -0.15) is 0 Å². The van der Waals surface area contributed by atoms with E-state index < -0.39 is 6.10 Å². The normalized spacial score (nSPS) is 12.1. The SMILES string of the molecule is CCOc1ccc(OCC(O)Cn2c(C)nc3ccccc3c2=O)cc1. The Morgan fingerprint density at radius 3 is 2.42 bits per heavy atom. The number of hydrogen-bond donors (Lipinski definition) is 1. The summed E-state index contributed by atoms with van der Waals surface area (Å²) in [4.78, 5) is 17.0. The predicted molar refractivity (Wildman–Crippen MR) is 99.9 cm³/mol. The van der Waals surface area contributed by atoms with Crippen LogP contribution in [0.3, 0.4) is 0 Å². The van der Waals surface area contributed by atoms with Gasteiger partial charge in [-0.05, 0) is 50.2 Å². The van der Waals surface area contributed by atoms with Crippen LogP contribution >= 0.6 is 0 Å². The lowest BCUT2D eigenvalue weighted by atomic mass is 10.2.